The van der Waals surface area contributed by atoms with Gasteiger partial charge in [-0.3, -0.25) is 20.4 Å². The Morgan fingerprint density at radius 1 is 1.05 bits per heavy atom. The lowest BCUT2D eigenvalue weighted by atomic mass is 9.95. The molecular weight excluding hydrogens is 543 g/mol. The number of anilines is 1. The molecule has 1 unspecified atom stereocenters. The average Bonchev–Trinajstić information content (AvgIpc) is 3.13. The number of hydrogen-bond donors (Lipinski definition) is 4. The summed E-state index contributed by atoms with van der Waals surface area (Å²) in [5, 5.41) is 7.35. The Kier molecular flexibility index (Phi) is 7.69. The summed E-state index contributed by atoms with van der Waals surface area (Å²) in [6.45, 7) is 0.607. The van der Waals surface area contributed by atoms with Crippen molar-refractivity contribution in [3.8, 4) is 0 Å². The standard InChI is InChI=1S/C27H26Cl2N6O2S/c1-35-11-10-22(26(35)37)31-25(36)17-12-21(29)24(30-14-17)33-34-27(38)32-23-19-5-3-2-4-15(19)6-7-16-8-9-18(28)13-20(16)23/h2-5,8-9,12-14,22-23H,6-7,10-11H2,1H3,(H,30,33)(H,31,36)(H2,32,34,38)/t22-,23?/m1/s1. The van der Waals surface area contributed by atoms with Gasteiger partial charge in [-0.2, -0.15) is 0 Å². The van der Waals surface area contributed by atoms with E-state index in [0.717, 1.165) is 24.0 Å². The third-order valence-corrected chi connectivity index (χ3v) is 7.60. The first-order valence-electron chi connectivity index (χ1n) is 12.2. The van der Waals surface area contributed by atoms with E-state index in [-0.39, 0.29) is 22.5 Å². The van der Waals surface area contributed by atoms with Crippen LogP contribution in [0.1, 0.15) is 45.1 Å². The van der Waals surface area contributed by atoms with Gasteiger partial charge in [-0.1, -0.05) is 53.5 Å². The van der Waals surface area contributed by atoms with Gasteiger partial charge in [-0.15, -0.1) is 0 Å². The minimum Gasteiger partial charge on any atom is -0.350 e. The Balaban J connectivity index is 1.26. The predicted octanol–water partition coefficient (Wildman–Crippen LogP) is 4.03. The minimum absolute atomic E-state index is 0.109. The van der Waals surface area contributed by atoms with E-state index in [1.165, 1.54) is 23.4 Å². The van der Waals surface area contributed by atoms with E-state index in [2.05, 4.69) is 44.7 Å². The van der Waals surface area contributed by atoms with E-state index in [9.17, 15) is 9.59 Å². The summed E-state index contributed by atoms with van der Waals surface area (Å²) >= 11 is 18.3. The zero-order chi connectivity index (χ0) is 26.8. The number of benzene rings is 2. The number of pyridine rings is 1. The molecule has 1 aromatic heterocycles. The summed E-state index contributed by atoms with van der Waals surface area (Å²) in [7, 11) is 1.71. The molecule has 2 heterocycles. The summed E-state index contributed by atoms with van der Waals surface area (Å²) < 4.78 is 0. The third kappa shape index (κ3) is 5.55. The number of fused-ring (bicyclic) bond motifs is 2. The van der Waals surface area contributed by atoms with Gasteiger partial charge in [-0.05, 0) is 71.9 Å². The van der Waals surface area contributed by atoms with E-state index >= 15 is 0 Å². The molecule has 2 atom stereocenters. The number of nitrogens with one attached hydrogen (secondary N) is 4. The average molecular weight is 570 g/mol. The van der Waals surface area contributed by atoms with Crippen molar-refractivity contribution in [1.82, 2.24) is 25.9 Å². The number of carbonyl (C=O) groups excluding carboxylic acids is 2. The lowest BCUT2D eigenvalue weighted by Gasteiger charge is -2.24. The minimum atomic E-state index is -0.539. The molecule has 1 aliphatic carbocycles. The summed E-state index contributed by atoms with van der Waals surface area (Å²) in [5.41, 5.74) is 10.8. The number of rotatable bonds is 5. The van der Waals surface area contributed by atoms with Gasteiger partial charge in [0.15, 0.2) is 10.9 Å². The number of halogens is 2. The fourth-order valence-electron chi connectivity index (χ4n) is 4.83. The van der Waals surface area contributed by atoms with Crippen LogP contribution in [0.25, 0.3) is 0 Å². The van der Waals surface area contributed by atoms with Crippen LogP contribution in [0.5, 0.6) is 0 Å². The first-order chi connectivity index (χ1) is 18.3. The van der Waals surface area contributed by atoms with Crippen LogP contribution in [-0.2, 0) is 17.6 Å². The van der Waals surface area contributed by atoms with E-state index in [4.69, 9.17) is 35.4 Å². The summed E-state index contributed by atoms with van der Waals surface area (Å²) in [5.74, 6) is -0.218. The van der Waals surface area contributed by atoms with E-state index in [1.54, 1.807) is 11.9 Å². The SMILES string of the molecule is CN1CC[C@@H](NC(=O)c2cnc(NNC(=S)NC3c4ccccc4CCc4ccc(Cl)cc43)c(Cl)c2)C1=O. The maximum absolute atomic E-state index is 12.6. The highest BCUT2D eigenvalue weighted by atomic mass is 35.5. The molecule has 196 valence electrons. The van der Waals surface area contributed by atoms with Gasteiger partial charge in [0, 0.05) is 24.8 Å². The third-order valence-electron chi connectivity index (χ3n) is 6.85. The van der Waals surface area contributed by atoms with Crippen molar-refractivity contribution in [1.29, 1.82) is 0 Å². The van der Waals surface area contributed by atoms with Crippen LogP contribution in [0, 0.1) is 0 Å². The van der Waals surface area contributed by atoms with Crippen LogP contribution in [0.4, 0.5) is 5.82 Å². The second-order valence-electron chi connectivity index (χ2n) is 9.33. The topological polar surface area (TPSA) is 98.4 Å². The highest BCUT2D eigenvalue weighted by Crippen LogP contribution is 2.34. The van der Waals surface area contributed by atoms with Crippen molar-refractivity contribution >= 4 is 58.2 Å². The van der Waals surface area contributed by atoms with Gasteiger partial charge < -0.3 is 15.5 Å². The second-order valence-corrected chi connectivity index (χ2v) is 10.6. The molecule has 5 rings (SSSR count). The summed E-state index contributed by atoms with van der Waals surface area (Å²) in [4.78, 5) is 30.5. The molecule has 11 heteroatoms. The second kappa shape index (κ2) is 11.1. The number of aromatic nitrogens is 1. The first-order valence-corrected chi connectivity index (χ1v) is 13.4. The normalized spacial score (nSPS) is 18.2. The Labute approximate surface area is 236 Å². The van der Waals surface area contributed by atoms with Crippen LogP contribution in [-0.4, -0.2) is 46.4 Å². The van der Waals surface area contributed by atoms with Crippen molar-refractivity contribution in [2.24, 2.45) is 0 Å². The number of aryl methyl sites for hydroxylation is 2. The first kappa shape index (κ1) is 26.2. The molecule has 8 nitrogen and oxygen atoms in total. The molecule has 4 N–H and O–H groups in total. The quantitative estimate of drug-likeness (QED) is 0.272. The molecule has 0 saturated carbocycles. The fourth-order valence-corrected chi connectivity index (χ4v) is 5.40. The van der Waals surface area contributed by atoms with Gasteiger partial charge in [0.1, 0.15) is 6.04 Å². The number of hydrogen-bond acceptors (Lipinski definition) is 5. The number of amides is 2. The molecular formula is C27H26Cl2N6O2S. The van der Waals surface area contributed by atoms with E-state index in [1.807, 2.05) is 24.3 Å². The number of thiocarbonyl (C=S) groups is 1. The molecule has 0 spiro atoms. The van der Waals surface area contributed by atoms with E-state index in [0.29, 0.717) is 28.9 Å². The Bertz CT molecular complexity index is 1420. The predicted molar refractivity (Wildman–Crippen MR) is 152 cm³/mol. The van der Waals surface area contributed by atoms with Crippen molar-refractivity contribution < 1.29 is 9.59 Å². The number of likely N-dealkylation sites (tertiary alicyclic amines) is 1. The van der Waals surface area contributed by atoms with Crippen LogP contribution in [0.15, 0.2) is 54.7 Å². The molecule has 3 aromatic rings. The van der Waals surface area contributed by atoms with Crippen molar-refractivity contribution in [2.45, 2.75) is 31.3 Å². The Hall–Kier alpha value is -3.40. The number of hydrazine groups is 1. The zero-order valence-corrected chi connectivity index (χ0v) is 22.9. The largest absolute Gasteiger partial charge is 0.350 e. The number of carbonyl (C=O) groups is 2. The maximum atomic E-state index is 12.6. The maximum Gasteiger partial charge on any atom is 0.253 e. The molecule has 38 heavy (non-hydrogen) atoms. The van der Waals surface area contributed by atoms with Crippen LogP contribution >= 0.6 is 35.4 Å². The van der Waals surface area contributed by atoms with Crippen LogP contribution in [0.3, 0.4) is 0 Å². The van der Waals surface area contributed by atoms with Crippen molar-refractivity contribution in [3.63, 3.8) is 0 Å². The number of likely N-dealkylation sites (N-methyl/N-ethyl adjacent to an activating group) is 1. The van der Waals surface area contributed by atoms with Gasteiger partial charge in [0.25, 0.3) is 5.91 Å². The lowest BCUT2D eigenvalue weighted by molar-refractivity contribution is -0.128. The van der Waals surface area contributed by atoms with Crippen LogP contribution < -0.4 is 21.5 Å². The smallest absolute Gasteiger partial charge is 0.253 e. The Morgan fingerprint density at radius 2 is 1.82 bits per heavy atom. The highest BCUT2D eigenvalue weighted by molar-refractivity contribution is 7.80. The molecule has 0 bridgehead atoms. The Morgan fingerprint density at radius 3 is 2.55 bits per heavy atom. The zero-order valence-electron chi connectivity index (χ0n) is 20.6. The molecule has 0 radical (unpaired) electrons. The van der Waals surface area contributed by atoms with Crippen molar-refractivity contribution in [2.75, 3.05) is 19.0 Å². The van der Waals surface area contributed by atoms with Gasteiger partial charge in [0.05, 0.1) is 16.6 Å². The molecule has 2 aliphatic rings. The van der Waals surface area contributed by atoms with Gasteiger partial charge in [-0.25, -0.2) is 4.98 Å². The van der Waals surface area contributed by atoms with Crippen LogP contribution in [0.2, 0.25) is 10.0 Å². The lowest BCUT2D eigenvalue weighted by Crippen LogP contribution is -2.41. The van der Waals surface area contributed by atoms with Crippen molar-refractivity contribution in [3.05, 3.63) is 92.6 Å². The molecule has 2 aromatic carbocycles. The number of nitrogens with zero attached hydrogens (tertiary/aromatic N) is 2. The fraction of sp³-hybridized carbons (Fsp3) is 0.259. The summed E-state index contributed by atoms with van der Waals surface area (Å²) in [6, 6.07) is 15.0. The monoisotopic (exact) mass is 568 g/mol. The molecule has 1 fully saturated rings. The van der Waals surface area contributed by atoms with E-state index < -0.39 is 11.9 Å². The van der Waals surface area contributed by atoms with Gasteiger partial charge >= 0.3 is 0 Å². The highest BCUT2D eigenvalue weighted by Gasteiger charge is 2.30. The molecule has 1 aliphatic heterocycles. The van der Waals surface area contributed by atoms with Gasteiger partial charge in [0.2, 0.25) is 5.91 Å². The summed E-state index contributed by atoms with van der Waals surface area (Å²) in [6.07, 6.45) is 3.79. The molecule has 2 amide bonds. The molecule has 1 saturated heterocycles.